The van der Waals surface area contributed by atoms with E-state index in [-0.39, 0.29) is 11.7 Å². The summed E-state index contributed by atoms with van der Waals surface area (Å²) >= 11 is 0. The van der Waals surface area contributed by atoms with Crippen molar-refractivity contribution >= 4 is 5.91 Å². The van der Waals surface area contributed by atoms with Crippen LogP contribution in [0, 0.1) is 0 Å². The predicted octanol–water partition coefficient (Wildman–Crippen LogP) is 0.493. The Morgan fingerprint density at radius 3 is 2.84 bits per heavy atom. The van der Waals surface area contributed by atoms with Gasteiger partial charge in [0.1, 0.15) is 0 Å². The van der Waals surface area contributed by atoms with Gasteiger partial charge in [0.05, 0.1) is 18.7 Å². The summed E-state index contributed by atoms with van der Waals surface area (Å²) in [5.41, 5.74) is 0.0286. The average molecular weight is 277 g/mol. The molecule has 9 heteroatoms. The smallest absolute Gasteiger partial charge is 0.348 e. The van der Waals surface area contributed by atoms with Crippen molar-refractivity contribution in [1.29, 1.82) is 0 Å². The molecule has 0 aliphatic carbocycles. The van der Waals surface area contributed by atoms with Gasteiger partial charge in [-0.3, -0.25) is 4.79 Å². The highest BCUT2D eigenvalue weighted by Gasteiger charge is 2.31. The van der Waals surface area contributed by atoms with E-state index < -0.39 is 24.5 Å². The highest BCUT2D eigenvalue weighted by molar-refractivity contribution is 5.92. The molecule has 1 saturated heterocycles. The molecule has 1 aliphatic heterocycles. The van der Waals surface area contributed by atoms with Crippen LogP contribution in [0.2, 0.25) is 0 Å². The number of aromatic nitrogens is 3. The van der Waals surface area contributed by atoms with Crippen LogP contribution < -0.4 is 10.6 Å². The van der Waals surface area contributed by atoms with Crippen LogP contribution in [0.25, 0.3) is 0 Å². The van der Waals surface area contributed by atoms with Crippen LogP contribution in [0.15, 0.2) is 6.20 Å². The Labute approximate surface area is 107 Å². The first-order valence-corrected chi connectivity index (χ1v) is 5.85. The fourth-order valence-corrected chi connectivity index (χ4v) is 1.72. The third-order valence-electron chi connectivity index (χ3n) is 2.79. The molecule has 1 aromatic heterocycles. The number of carbonyl (C=O) groups is 1. The van der Waals surface area contributed by atoms with Crippen molar-refractivity contribution in [2.75, 3.05) is 13.1 Å². The molecular weight excluding hydrogens is 263 g/mol. The number of alkyl halides is 3. The summed E-state index contributed by atoms with van der Waals surface area (Å²) in [7, 11) is 0. The lowest BCUT2D eigenvalue weighted by Gasteiger charge is -2.26. The van der Waals surface area contributed by atoms with Crippen LogP contribution in [0.3, 0.4) is 0 Å². The topological polar surface area (TPSA) is 71.8 Å². The molecule has 2 heterocycles. The Bertz CT molecular complexity index is 454. The van der Waals surface area contributed by atoms with Crippen LogP contribution in [-0.4, -0.2) is 46.2 Å². The lowest BCUT2D eigenvalue weighted by atomic mass is 10.2. The first-order valence-electron chi connectivity index (χ1n) is 5.85. The quantitative estimate of drug-likeness (QED) is 0.840. The van der Waals surface area contributed by atoms with E-state index in [1.54, 1.807) is 4.68 Å². The van der Waals surface area contributed by atoms with Crippen LogP contribution in [0.1, 0.15) is 29.9 Å². The number of nitrogens with one attached hydrogen (secondary N) is 2. The number of nitrogens with zero attached hydrogens (tertiary/aromatic N) is 3. The van der Waals surface area contributed by atoms with Gasteiger partial charge in [0.15, 0.2) is 5.69 Å². The molecule has 1 amide bonds. The predicted molar refractivity (Wildman–Crippen MR) is 59.5 cm³/mol. The summed E-state index contributed by atoms with van der Waals surface area (Å²) in [4.78, 5) is 11.7. The van der Waals surface area contributed by atoms with Gasteiger partial charge >= 0.3 is 6.18 Å². The summed E-state index contributed by atoms with van der Waals surface area (Å²) in [6.07, 6.45) is -3.93. The fraction of sp³-hybridized carbons (Fsp3) is 0.700. The lowest BCUT2D eigenvalue weighted by Crippen LogP contribution is -2.43. The molecule has 0 spiro atoms. The third kappa shape index (κ3) is 3.66. The summed E-state index contributed by atoms with van der Waals surface area (Å²) in [6.45, 7) is 2.79. The Kier molecular flexibility index (Phi) is 3.74. The average Bonchev–Trinajstić information content (AvgIpc) is 2.60. The maximum Gasteiger partial charge on any atom is 0.391 e. The van der Waals surface area contributed by atoms with Crippen molar-refractivity contribution in [2.45, 2.75) is 31.6 Å². The Morgan fingerprint density at radius 1 is 1.63 bits per heavy atom. The van der Waals surface area contributed by atoms with E-state index in [0.29, 0.717) is 0 Å². The molecule has 6 nitrogen and oxygen atoms in total. The monoisotopic (exact) mass is 277 g/mol. The van der Waals surface area contributed by atoms with E-state index in [1.165, 1.54) is 13.1 Å². The first-order chi connectivity index (χ1) is 8.85. The summed E-state index contributed by atoms with van der Waals surface area (Å²) < 4.78 is 37.9. The van der Waals surface area contributed by atoms with Gasteiger partial charge in [0.25, 0.3) is 5.91 Å². The largest absolute Gasteiger partial charge is 0.391 e. The number of hydrogen-bond acceptors (Lipinski definition) is 4. The van der Waals surface area contributed by atoms with Crippen molar-refractivity contribution in [1.82, 2.24) is 25.6 Å². The number of halogens is 3. The summed E-state index contributed by atoms with van der Waals surface area (Å²) in [5.74, 6) is -0.643. The molecule has 0 saturated carbocycles. The zero-order chi connectivity index (χ0) is 14.0. The van der Waals surface area contributed by atoms with Crippen molar-refractivity contribution in [3.05, 3.63) is 11.9 Å². The number of carbonyl (C=O) groups excluding carboxylic acids is 1. The second-order valence-corrected chi connectivity index (χ2v) is 4.59. The molecule has 2 N–H and O–H groups in total. The summed E-state index contributed by atoms with van der Waals surface area (Å²) in [6, 6.07) is -0.843. The Hall–Kier alpha value is -1.64. The first kappa shape index (κ1) is 13.8. The molecule has 106 valence electrons. The minimum absolute atomic E-state index is 0.0286. The van der Waals surface area contributed by atoms with Gasteiger partial charge in [0, 0.05) is 19.1 Å². The van der Waals surface area contributed by atoms with E-state index in [4.69, 9.17) is 0 Å². The molecule has 2 rings (SSSR count). The Morgan fingerprint density at radius 2 is 2.32 bits per heavy atom. The second kappa shape index (κ2) is 5.16. The van der Waals surface area contributed by atoms with Gasteiger partial charge in [-0.25, -0.2) is 4.68 Å². The molecule has 0 bridgehead atoms. The minimum atomic E-state index is -4.30. The van der Waals surface area contributed by atoms with E-state index in [9.17, 15) is 18.0 Å². The van der Waals surface area contributed by atoms with Gasteiger partial charge in [-0.15, -0.1) is 5.10 Å². The Balaban J connectivity index is 1.90. The maximum absolute atomic E-state index is 12.1. The van der Waals surface area contributed by atoms with Gasteiger partial charge in [-0.1, -0.05) is 5.21 Å². The molecule has 0 radical (unpaired) electrons. The maximum atomic E-state index is 12.1. The molecule has 1 fully saturated rings. The number of rotatable bonds is 4. The molecule has 19 heavy (non-hydrogen) atoms. The number of hydrogen-bond donors (Lipinski definition) is 2. The van der Waals surface area contributed by atoms with Gasteiger partial charge in [-0.05, 0) is 6.92 Å². The molecule has 0 aromatic carbocycles. The van der Waals surface area contributed by atoms with Crippen LogP contribution in [0.4, 0.5) is 13.2 Å². The lowest BCUT2D eigenvalue weighted by molar-refractivity contribution is -0.138. The normalized spacial score (nSPS) is 17.9. The molecule has 1 atom stereocenters. The van der Waals surface area contributed by atoms with E-state index in [2.05, 4.69) is 20.9 Å². The van der Waals surface area contributed by atoms with E-state index >= 15 is 0 Å². The third-order valence-corrected chi connectivity index (χ3v) is 2.79. The minimum Gasteiger partial charge on any atom is -0.348 e. The van der Waals surface area contributed by atoms with Gasteiger partial charge < -0.3 is 10.6 Å². The van der Waals surface area contributed by atoms with Crippen LogP contribution in [-0.2, 0) is 0 Å². The zero-order valence-electron chi connectivity index (χ0n) is 10.2. The molecule has 1 aliphatic rings. The number of amides is 1. The highest BCUT2D eigenvalue weighted by Crippen LogP contribution is 2.21. The molecule has 1 unspecified atom stereocenters. The van der Waals surface area contributed by atoms with Gasteiger partial charge in [0.2, 0.25) is 0 Å². The standard InChI is InChI=1S/C10H14F3N5O/c1-6(2-10(11,12)13)15-9(19)8-5-18(17-16-8)7-3-14-4-7/h5-7,14H,2-4H2,1H3,(H,15,19). The molecule has 1 aromatic rings. The zero-order valence-corrected chi connectivity index (χ0v) is 10.2. The highest BCUT2D eigenvalue weighted by atomic mass is 19.4. The van der Waals surface area contributed by atoms with E-state index in [1.807, 2.05) is 0 Å². The van der Waals surface area contributed by atoms with Crippen LogP contribution in [0.5, 0.6) is 0 Å². The fourth-order valence-electron chi connectivity index (χ4n) is 1.72. The van der Waals surface area contributed by atoms with Crippen molar-refractivity contribution < 1.29 is 18.0 Å². The second-order valence-electron chi connectivity index (χ2n) is 4.59. The molecular formula is C10H14F3N5O. The van der Waals surface area contributed by atoms with Crippen molar-refractivity contribution in [2.24, 2.45) is 0 Å². The van der Waals surface area contributed by atoms with Crippen molar-refractivity contribution in [3.8, 4) is 0 Å². The van der Waals surface area contributed by atoms with Crippen LogP contribution >= 0.6 is 0 Å². The summed E-state index contributed by atoms with van der Waals surface area (Å²) in [5, 5.41) is 12.7. The van der Waals surface area contributed by atoms with E-state index in [0.717, 1.165) is 13.1 Å². The SMILES string of the molecule is CC(CC(F)(F)F)NC(=O)c1cn(C2CNC2)nn1. The van der Waals surface area contributed by atoms with Gasteiger partial charge in [-0.2, -0.15) is 13.2 Å². The van der Waals surface area contributed by atoms with Crippen molar-refractivity contribution in [3.63, 3.8) is 0 Å².